The SMILES string of the molecule is O=c1[nH]nc(Sc2cccc(F)n2)n1C1CC1. The number of rotatable bonds is 3. The van der Waals surface area contributed by atoms with Crippen LogP contribution in [-0.4, -0.2) is 19.7 Å². The molecule has 0 unspecified atom stereocenters. The molecule has 0 atom stereocenters. The normalized spacial score (nSPS) is 15.1. The lowest BCUT2D eigenvalue weighted by molar-refractivity contribution is 0.571. The maximum absolute atomic E-state index is 12.9. The van der Waals surface area contributed by atoms with Gasteiger partial charge in [-0.2, -0.15) is 4.39 Å². The highest BCUT2D eigenvalue weighted by atomic mass is 32.2. The predicted octanol–water partition coefficient (Wildman–Crippen LogP) is 1.59. The maximum atomic E-state index is 12.9. The number of H-pyrrole nitrogens is 1. The topological polar surface area (TPSA) is 63.6 Å². The first-order chi connectivity index (χ1) is 8.24. The van der Waals surface area contributed by atoms with Gasteiger partial charge in [0.25, 0.3) is 0 Å². The lowest BCUT2D eigenvalue weighted by Crippen LogP contribution is -2.16. The summed E-state index contributed by atoms with van der Waals surface area (Å²) in [4.78, 5) is 15.2. The zero-order valence-electron chi connectivity index (χ0n) is 8.76. The molecule has 1 fully saturated rings. The van der Waals surface area contributed by atoms with E-state index in [1.165, 1.54) is 17.8 Å². The predicted molar refractivity (Wildman–Crippen MR) is 59.4 cm³/mol. The van der Waals surface area contributed by atoms with Crippen molar-refractivity contribution in [1.82, 2.24) is 19.7 Å². The van der Waals surface area contributed by atoms with Gasteiger partial charge in [-0.25, -0.2) is 14.9 Å². The third kappa shape index (κ3) is 2.10. The second kappa shape index (κ2) is 3.99. The van der Waals surface area contributed by atoms with E-state index in [-0.39, 0.29) is 11.7 Å². The van der Waals surface area contributed by atoms with Crippen molar-refractivity contribution >= 4 is 11.8 Å². The fraction of sp³-hybridized carbons (Fsp3) is 0.300. The third-order valence-electron chi connectivity index (χ3n) is 2.47. The first-order valence-electron chi connectivity index (χ1n) is 5.21. The van der Waals surface area contributed by atoms with Crippen LogP contribution in [-0.2, 0) is 0 Å². The monoisotopic (exact) mass is 252 g/mol. The van der Waals surface area contributed by atoms with E-state index in [0.717, 1.165) is 12.8 Å². The van der Waals surface area contributed by atoms with Gasteiger partial charge in [0, 0.05) is 6.04 Å². The number of nitrogens with zero attached hydrogens (tertiary/aromatic N) is 3. The molecule has 1 saturated carbocycles. The lowest BCUT2D eigenvalue weighted by atomic mass is 10.5. The summed E-state index contributed by atoms with van der Waals surface area (Å²) >= 11 is 1.19. The van der Waals surface area contributed by atoms with Crippen molar-refractivity contribution < 1.29 is 4.39 Å². The van der Waals surface area contributed by atoms with Gasteiger partial charge in [-0.05, 0) is 36.7 Å². The van der Waals surface area contributed by atoms with Crippen LogP contribution in [0.2, 0.25) is 0 Å². The number of pyridine rings is 1. The quantitative estimate of drug-likeness (QED) is 0.843. The Bertz CT molecular complexity index is 604. The molecule has 0 radical (unpaired) electrons. The molecule has 2 aromatic rings. The largest absolute Gasteiger partial charge is 0.344 e. The molecule has 0 amide bonds. The number of hydrogen-bond acceptors (Lipinski definition) is 4. The molecule has 7 heteroatoms. The van der Waals surface area contributed by atoms with Crippen LogP contribution in [0, 0.1) is 5.95 Å². The van der Waals surface area contributed by atoms with Gasteiger partial charge in [-0.1, -0.05) is 6.07 Å². The van der Waals surface area contributed by atoms with E-state index in [2.05, 4.69) is 15.2 Å². The van der Waals surface area contributed by atoms with E-state index in [9.17, 15) is 9.18 Å². The second-order valence-corrected chi connectivity index (χ2v) is 4.80. The van der Waals surface area contributed by atoms with Gasteiger partial charge >= 0.3 is 5.69 Å². The second-order valence-electron chi connectivity index (χ2n) is 3.81. The summed E-state index contributed by atoms with van der Waals surface area (Å²) in [5.41, 5.74) is -0.216. The number of halogens is 1. The van der Waals surface area contributed by atoms with Crippen molar-refractivity contribution in [3.8, 4) is 0 Å². The average molecular weight is 252 g/mol. The first kappa shape index (κ1) is 10.5. The summed E-state index contributed by atoms with van der Waals surface area (Å²) in [7, 11) is 0. The average Bonchev–Trinajstić information content (AvgIpc) is 3.05. The lowest BCUT2D eigenvalue weighted by Gasteiger charge is -2.02. The molecule has 0 aromatic carbocycles. The summed E-state index contributed by atoms with van der Waals surface area (Å²) in [6.07, 6.45) is 1.98. The van der Waals surface area contributed by atoms with Crippen LogP contribution in [0.4, 0.5) is 4.39 Å². The molecule has 2 aromatic heterocycles. The first-order valence-corrected chi connectivity index (χ1v) is 6.03. The molecule has 3 rings (SSSR count). The summed E-state index contributed by atoms with van der Waals surface area (Å²) in [5, 5.41) is 7.37. The summed E-state index contributed by atoms with van der Waals surface area (Å²) in [5.74, 6) is -0.536. The molecule has 1 N–H and O–H groups in total. The van der Waals surface area contributed by atoms with Crippen LogP contribution in [0.3, 0.4) is 0 Å². The van der Waals surface area contributed by atoms with Gasteiger partial charge in [0.05, 0.1) is 0 Å². The molecule has 0 spiro atoms. The van der Waals surface area contributed by atoms with Crippen molar-refractivity contribution in [2.45, 2.75) is 29.1 Å². The van der Waals surface area contributed by atoms with E-state index in [1.807, 2.05) is 0 Å². The molecule has 0 bridgehead atoms. The molecule has 1 aliphatic rings. The Balaban J connectivity index is 1.92. The minimum atomic E-state index is -0.536. The molecular weight excluding hydrogens is 243 g/mol. The molecule has 5 nitrogen and oxygen atoms in total. The molecule has 0 saturated heterocycles. The molecule has 17 heavy (non-hydrogen) atoms. The fourth-order valence-corrected chi connectivity index (χ4v) is 2.45. The number of aromatic amines is 1. The van der Waals surface area contributed by atoms with Crippen molar-refractivity contribution in [1.29, 1.82) is 0 Å². The zero-order chi connectivity index (χ0) is 11.8. The molecule has 0 aliphatic heterocycles. The van der Waals surface area contributed by atoms with Crippen LogP contribution in [0.1, 0.15) is 18.9 Å². The van der Waals surface area contributed by atoms with Crippen molar-refractivity contribution in [2.75, 3.05) is 0 Å². The Morgan fingerprint density at radius 3 is 3.00 bits per heavy atom. The van der Waals surface area contributed by atoms with E-state index < -0.39 is 5.95 Å². The Morgan fingerprint density at radius 2 is 2.29 bits per heavy atom. The highest BCUT2D eigenvalue weighted by molar-refractivity contribution is 7.99. The molecule has 88 valence electrons. The Morgan fingerprint density at radius 1 is 1.47 bits per heavy atom. The van der Waals surface area contributed by atoms with Gasteiger partial charge in [-0.3, -0.25) is 4.57 Å². The Labute approximate surface area is 100 Å². The van der Waals surface area contributed by atoms with Crippen molar-refractivity contribution in [3.63, 3.8) is 0 Å². The highest BCUT2D eigenvalue weighted by Gasteiger charge is 2.28. The van der Waals surface area contributed by atoms with Crippen LogP contribution < -0.4 is 5.69 Å². The van der Waals surface area contributed by atoms with Crippen molar-refractivity contribution in [2.24, 2.45) is 0 Å². The number of hydrogen-bond donors (Lipinski definition) is 1. The molecule has 2 heterocycles. The van der Waals surface area contributed by atoms with Gasteiger partial charge in [-0.15, -0.1) is 5.10 Å². The van der Waals surface area contributed by atoms with E-state index in [0.29, 0.717) is 10.2 Å². The van der Waals surface area contributed by atoms with Crippen LogP contribution in [0.15, 0.2) is 33.2 Å². The number of nitrogens with one attached hydrogen (secondary N) is 1. The third-order valence-corrected chi connectivity index (χ3v) is 3.38. The zero-order valence-corrected chi connectivity index (χ0v) is 9.58. The molecule has 1 aliphatic carbocycles. The Hall–Kier alpha value is -1.63. The number of aromatic nitrogens is 4. The smallest absolute Gasteiger partial charge is 0.267 e. The fourth-order valence-electron chi connectivity index (χ4n) is 1.56. The molecular formula is C10H9FN4OS. The van der Waals surface area contributed by atoms with Gasteiger partial charge < -0.3 is 0 Å². The summed E-state index contributed by atoms with van der Waals surface area (Å²) in [6, 6.07) is 4.78. The maximum Gasteiger partial charge on any atom is 0.344 e. The standard InChI is InChI=1S/C10H9FN4OS/c11-7-2-1-3-8(12-7)17-10-14-13-9(16)15(10)6-4-5-6/h1-3,6H,4-5H2,(H,13,16). The minimum absolute atomic E-state index is 0.216. The van der Waals surface area contributed by atoms with Crippen LogP contribution in [0.25, 0.3) is 0 Å². The van der Waals surface area contributed by atoms with E-state index >= 15 is 0 Å². The van der Waals surface area contributed by atoms with Gasteiger partial charge in [0.1, 0.15) is 5.03 Å². The summed E-state index contributed by atoms with van der Waals surface area (Å²) in [6.45, 7) is 0. The Kier molecular flexibility index (Phi) is 2.47. The van der Waals surface area contributed by atoms with Gasteiger partial charge in [0.2, 0.25) is 5.95 Å². The van der Waals surface area contributed by atoms with Gasteiger partial charge in [0.15, 0.2) is 5.16 Å². The van der Waals surface area contributed by atoms with Crippen LogP contribution in [0.5, 0.6) is 0 Å². The van der Waals surface area contributed by atoms with E-state index in [4.69, 9.17) is 0 Å². The summed E-state index contributed by atoms with van der Waals surface area (Å²) < 4.78 is 14.5. The van der Waals surface area contributed by atoms with Crippen molar-refractivity contribution in [3.05, 3.63) is 34.6 Å². The van der Waals surface area contributed by atoms with E-state index in [1.54, 1.807) is 16.7 Å². The minimum Gasteiger partial charge on any atom is -0.267 e. The van der Waals surface area contributed by atoms with Crippen LogP contribution >= 0.6 is 11.8 Å². The highest BCUT2D eigenvalue weighted by Crippen LogP contribution is 2.37.